The lowest BCUT2D eigenvalue weighted by Gasteiger charge is -2.08. The van der Waals surface area contributed by atoms with Gasteiger partial charge in [0.05, 0.1) is 18.2 Å². The van der Waals surface area contributed by atoms with Crippen molar-refractivity contribution in [1.82, 2.24) is 14.5 Å². The van der Waals surface area contributed by atoms with Crippen LogP contribution in [-0.2, 0) is 6.54 Å². The lowest BCUT2D eigenvalue weighted by atomic mass is 10.1. The summed E-state index contributed by atoms with van der Waals surface area (Å²) in [7, 11) is 0. The van der Waals surface area contributed by atoms with E-state index < -0.39 is 0 Å². The average molecular weight is 260 g/mol. The molecule has 0 aliphatic carbocycles. The molecule has 1 aromatic carbocycles. The maximum Gasteiger partial charge on any atom is 0.158 e. The highest BCUT2D eigenvalue weighted by molar-refractivity contribution is 5.49. The predicted molar refractivity (Wildman–Crippen MR) is 75.7 cm³/mol. The molecule has 96 valence electrons. The molecule has 4 heteroatoms. The van der Waals surface area contributed by atoms with Crippen LogP contribution in [0.4, 0.5) is 0 Å². The van der Waals surface area contributed by atoms with E-state index >= 15 is 0 Å². The zero-order valence-corrected chi connectivity index (χ0v) is 10.8. The summed E-state index contributed by atoms with van der Waals surface area (Å²) >= 11 is 0. The summed E-state index contributed by atoms with van der Waals surface area (Å²) in [5, 5.41) is 9.15. The summed E-state index contributed by atoms with van der Waals surface area (Å²) in [6.07, 6.45) is 5.40. The first-order valence-corrected chi connectivity index (χ1v) is 6.29. The SMILES string of the molecule is N#Cc1ccccc1Cn1ccnc1-c1ccccn1. The van der Waals surface area contributed by atoms with Crippen molar-refractivity contribution in [2.45, 2.75) is 6.54 Å². The van der Waals surface area contributed by atoms with Gasteiger partial charge in [-0.05, 0) is 23.8 Å². The van der Waals surface area contributed by atoms with Crippen LogP contribution in [0.15, 0.2) is 61.1 Å². The molecule has 0 aliphatic heterocycles. The normalized spacial score (nSPS) is 10.2. The fourth-order valence-corrected chi connectivity index (χ4v) is 2.12. The van der Waals surface area contributed by atoms with Crippen molar-refractivity contribution < 1.29 is 0 Å². The molecule has 0 saturated carbocycles. The van der Waals surface area contributed by atoms with Crippen LogP contribution in [0, 0.1) is 11.3 Å². The van der Waals surface area contributed by atoms with Crippen LogP contribution in [0.2, 0.25) is 0 Å². The average Bonchev–Trinajstić information content (AvgIpc) is 2.97. The molecule has 20 heavy (non-hydrogen) atoms. The van der Waals surface area contributed by atoms with E-state index in [4.69, 9.17) is 5.26 Å². The maximum atomic E-state index is 9.15. The molecule has 0 radical (unpaired) electrons. The molecule has 0 saturated heterocycles. The summed E-state index contributed by atoms with van der Waals surface area (Å²) in [4.78, 5) is 8.67. The molecular formula is C16H12N4. The van der Waals surface area contributed by atoms with Crippen molar-refractivity contribution in [2.24, 2.45) is 0 Å². The number of hydrogen-bond donors (Lipinski definition) is 0. The summed E-state index contributed by atoms with van der Waals surface area (Å²) in [6.45, 7) is 0.607. The van der Waals surface area contributed by atoms with E-state index in [1.807, 2.05) is 53.2 Å². The van der Waals surface area contributed by atoms with Gasteiger partial charge in [0.15, 0.2) is 5.82 Å². The van der Waals surface area contributed by atoms with E-state index in [1.165, 1.54) is 0 Å². The molecule has 0 unspecified atom stereocenters. The summed E-state index contributed by atoms with van der Waals surface area (Å²) < 4.78 is 2.00. The third-order valence-corrected chi connectivity index (χ3v) is 3.09. The minimum atomic E-state index is 0.607. The molecule has 3 rings (SSSR count). The Kier molecular flexibility index (Phi) is 3.25. The summed E-state index contributed by atoms with van der Waals surface area (Å²) in [5.74, 6) is 0.804. The predicted octanol–water partition coefficient (Wildman–Crippen LogP) is 2.87. The number of benzene rings is 1. The van der Waals surface area contributed by atoms with E-state index in [0.717, 1.165) is 17.1 Å². The third-order valence-electron chi connectivity index (χ3n) is 3.09. The Morgan fingerprint density at radius 3 is 2.65 bits per heavy atom. The first-order valence-electron chi connectivity index (χ1n) is 6.29. The van der Waals surface area contributed by atoms with Gasteiger partial charge in [-0.25, -0.2) is 4.98 Å². The Morgan fingerprint density at radius 2 is 1.85 bits per heavy atom. The Labute approximate surface area is 117 Å². The molecule has 0 aliphatic rings. The number of nitrogens with zero attached hydrogens (tertiary/aromatic N) is 4. The van der Waals surface area contributed by atoms with Crippen molar-refractivity contribution in [2.75, 3.05) is 0 Å². The van der Waals surface area contributed by atoms with E-state index in [1.54, 1.807) is 12.4 Å². The lowest BCUT2D eigenvalue weighted by molar-refractivity contribution is 0.801. The van der Waals surface area contributed by atoms with Crippen LogP contribution in [0.25, 0.3) is 11.5 Å². The van der Waals surface area contributed by atoms with Crippen molar-refractivity contribution in [3.63, 3.8) is 0 Å². The van der Waals surface area contributed by atoms with Gasteiger partial charge >= 0.3 is 0 Å². The van der Waals surface area contributed by atoms with Crippen LogP contribution in [-0.4, -0.2) is 14.5 Å². The fourth-order valence-electron chi connectivity index (χ4n) is 2.12. The van der Waals surface area contributed by atoms with Gasteiger partial charge < -0.3 is 4.57 Å². The summed E-state index contributed by atoms with van der Waals surface area (Å²) in [5.41, 5.74) is 2.49. The number of nitriles is 1. The van der Waals surface area contributed by atoms with Crippen LogP contribution in [0.5, 0.6) is 0 Å². The topological polar surface area (TPSA) is 54.5 Å². The molecule has 3 aromatic rings. The van der Waals surface area contributed by atoms with Gasteiger partial charge in [-0.15, -0.1) is 0 Å². The van der Waals surface area contributed by atoms with Crippen molar-refractivity contribution in [3.8, 4) is 17.6 Å². The van der Waals surface area contributed by atoms with Crippen molar-refractivity contribution in [3.05, 3.63) is 72.2 Å². The minimum Gasteiger partial charge on any atom is -0.325 e. The third kappa shape index (κ3) is 2.29. The molecule has 0 bridgehead atoms. The largest absolute Gasteiger partial charge is 0.325 e. The van der Waals surface area contributed by atoms with Gasteiger partial charge in [0.2, 0.25) is 0 Å². The van der Waals surface area contributed by atoms with Gasteiger partial charge in [-0.1, -0.05) is 24.3 Å². The Morgan fingerprint density at radius 1 is 1.00 bits per heavy atom. The fraction of sp³-hybridized carbons (Fsp3) is 0.0625. The van der Waals surface area contributed by atoms with Gasteiger partial charge in [-0.3, -0.25) is 4.98 Å². The Balaban J connectivity index is 1.98. The monoisotopic (exact) mass is 260 g/mol. The molecule has 0 spiro atoms. The zero-order valence-electron chi connectivity index (χ0n) is 10.8. The molecular weight excluding hydrogens is 248 g/mol. The first-order chi connectivity index (χ1) is 9.88. The van der Waals surface area contributed by atoms with E-state index in [9.17, 15) is 0 Å². The maximum absolute atomic E-state index is 9.15. The van der Waals surface area contributed by atoms with Crippen LogP contribution < -0.4 is 0 Å². The zero-order chi connectivity index (χ0) is 13.8. The number of rotatable bonds is 3. The van der Waals surface area contributed by atoms with E-state index in [-0.39, 0.29) is 0 Å². The standard InChI is InChI=1S/C16H12N4/c17-11-13-5-1-2-6-14(13)12-20-10-9-19-16(20)15-7-3-4-8-18-15/h1-10H,12H2. The molecule has 2 heterocycles. The van der Waals surface area contributed by atoms with E-state index in [2.05, 4.69) is 16.0 Å². The van der Waals surface area contributed by atoms with Crippen molar-refractivity contribution in [1.29, 1.82) is 5.26 Å². The van der Waals surface area contributed by atoms with Gasteiger partial charge in [0.1, 0.15) is 5.69 Å². The van der Waals surface area contributed by atoms with Crippen molar-refractivity contribution >= 4 is 0 Å². The smallest absolute Gasteiger partial charge is 0.158 e. The van der Waals surface area contributed by atoms with Gasteiger partial charge in [0, 0.05) is 18.6 Å². The molecule has 0 amide bonds. The second-order valence-corrected chi connectivity index (χ2v) is 4.36. The minimum absolute atomic E-state index is 0.607. The highest BCUT2D eigenvalue weighted by atomic mass is 15.1. The highest BCUT2D eigenvalue weighted by Crippen LogP contribution is 2.17. The number of hydrogen-bond acceptors (Lipinski definition) is 3. The molecule has 0 fully saturated rings. The van der Waals surface area contributed by atoms with E-state index in [0.29, 0.717) is 12.1 Å². The van der Waals surface area contributed by atoms with Gasteiger partial charge in [0.25, 0.3) is 0 Å². The summed E-state index contributed by atoms with van der Waals surface area (Å²) in [6, 6.07) is 15.5. The quantitative estimate of drug-likeness (QED) is 0.727. The molecule has 4 nitrogen and oxygen atoms in total. The molecule has 2 aromatic heterocycles. The van der Waals surface area contributed by atoms with Crippen LogP contribution in [0.3, 0.4) is 0 Å². The van der Waals surface area contributed by atoms with Crippen LogP contribution >= 0.6 is 0 Å². The molecule has 0 atom stereocenters. The van der Waals surface area contributed by atoms with Gasteiger partial charge in [-0.2, -0.15) is 5.26 Å². The number of imidazole rings is 1. The Bertz CT molecular complexity index is 753. The highest BCUT2D eigenvalue weighted by Gasteiger charge is 2.08. The van der Waals surface area contributed by atoms with Crippen LogP contribution in [0.1, 0.15) is 11.1 Å². The number of aromatic nitrogens is 3. The second-order valence-electron chi connectivity index (χ2n) is 4.36. The Hall–Kier alpha value is -2.93. The number of pyridine rings is 1. The first kappa shape index (κ1) is 12.1. The second kappa shape index (κ2) is 5.37. The lowest BCUT2D eigenvalue weighted by Crippen LogP contribution is -2.03. The molecule has 0 N–H and O–H groups in total.